The molecule has 4 aromatic rings. The normalized spacial score (nSPS) is 10.8. The predicted octanol–water partition coefficient (Wildman–Crippen LogP) is 6.07. The molecule has 0 unspecified atom stereocenters. The summed E-state index contributed by atoms with van der Waals surface area (Å²) in [6.07, 6.45) is 0. The lowest BCUT2D eigenvalue weighted by atomic mass is 10.2. The summed E-state index contributed by atoms with van der Waals surface area (Å²) in [4.78, 5) is 19.5. The maximum Gasteiger partial charge on any atom is 0.354 e. The molecule has 31 heavy (non-hydrogen) atoms. The first-order valence-corrected chi connectivity index (χ1v) is 10.2. The summed E-state index contributed by atoms with van der Waals surface area (Å²) < 4.78 is 17.2. The number of esters is 1. The standard InChI is InChI=1S/C24H21ClN2O4/c1-3-29-24(28)20-12-16-11-19(31-18-9-7-15(2)8-10-18)13-21(23(16)27-20)30-14-17-5-4-6-22(25)26-17/h4-13,27H,3,14H2,1-2H3. The Hall–Kier alpha value is -3.51. The summed E-state index contributed by atoms with van der Waals surface area (Å²) in [6, 6.07) is 18.4. The van der Waals surface area contributed by atoms with Gasteiger partial charge in [0, 0.05) is 11.5 Å². The summed E-state index contributed by atoms with van der Waals surface area (Å²) in [5.41, 5.74) is 2.84. The maximum atomic E-state index is 12.2. The van der Waals surface area contributed by atoms with Crippen LogP contribution in [0, 0.1) is 6.92 Å². The minimum Gasteiger partial charge on any atom is -0.485 e. The lowest BCUT2D eigenvalue weighted by molar-refractivity contribution is 0.0520. The van der Waals surface area contributed by atoms with Gasteiger partial charge in [-0.1, -0.05) is 35.4 Å². The molecule has 0 spiro atoms. The number of benzene rings is 2. The second kappa shape index (κ2) is 9.10. The van der Waals surface area contributed by atoms with E-state index in [1.54, 1.807) is 25.1 Å². The largest absolute Gasteiger partial charge is 0.485 e. The third-order valence-corrected chi connectivity index (χ3v) is 4.78. The smallest absolute Gasteiger partial charge is 0.354 e. The van der Waals surface area contributed by atoms with Crippen molar-refractivity contribution < 1.29 is 19.0 Å². The zero-order chi connectivity index (χ0) is 21.8. The molecule has 0 fully saturated rings. The quantitative estimate of drug-likeness (QED) is 0.281. The van der Waals surface area contributed by atoms with Crippen molar-refractivity contribution in [3.05, 3.63) is 82.8 Å². The fourth-order valence-electron chi connectivity index (χ4n) is 3.10. The lowest BCUT2D eigenvalue weighted by Gasteiger charge is -2.11. The number of hydrogen-bond donors (Lipinski definition) is 1. The van der Waals surface area contributed by atoms with E-state index in [9.17, 15) is 4.79 Å². The van der Waals surface area contributed by atoms with E-state index in [2.05, 4.69) is 9.97 Å². The first-order valence-electron chi connectivity index (χ1n) is 9.84. The molecule has 0 radical (unpaired) electrons. The number of H-pyrrole nitrogens is 1. The summed E-state index contributed by atoms with van der Waals surface area (Å²) in [5, 5.41) is 1.16. The van der Waals surface area contributed by atoms with Gasteiger partial charge in [0.1, 0.15) is 34.7 Å². The van der Waals surface area contributed by atoms with Crippen molar-refractivity contribution in [1.82, 2.24) is 9.97 Å². The molecule has 2 heterocycles. The van der Waals surface area contributed by atoms with E-state index >= 15 is 0 Å². The second-order valence-corrected chi connectivity index (χ2v) is 7.33. The van der Waals surface area contributed by atoms with E-state index in [1.165, 1.54) is 0 Å². The molecule has 1 N–H and O–H groups in total. The molecule has 4 rings (SSSR count). The Bertz CT molecular complexity index is 1220. The van der Waals surface area contributed by atoms with Crippen molar-refractivity contribution >= 4 is 28.5 Å². The van der Waals surface area contributed by atoms with Crippen molar-refractivity contribution in [3.8, 4) is 17.2 Å². The third-order valence-electron chi connectivity index (χ3n) is 4.57. The number of hydrogen-bond acceptors (Lipinski definition) is 5. The molecule has 2 aromatic heterocycles. The number of nitrogens with one attached hydrogen (secondary N) is 1. The Balaban J connectivity index is 1.69. The molecule has 2 aromatic carbocycles. The minimum absolute atomic E-state index is 0.206. The van der Waals surface area contributed by atoms with Crippen molar-refractivity contribution in [1.29, 1.82) is 0 Å². The molecule has 6 nitrogen and oxygen atoms in total. The number of carbonyl (C=O) groups excluding carboxylic acids is 1. The molecule has 0 aliphatic rings. The van der Waals surface area contributed by atoms with E-state index in [0.29, 0.717) is 45.9 Å². The van der Waals surface area contributed by atoms with Gasteiger partial charge in [0.2, 0.25) is 0 Å². The van der Waals surface area contributed by atoms with Gasteiger partial charge in [-0.2, -0.15) is 0 Å². The van der Waals surface area contributed by atoms with Crippen LogP contribution in [0.4, 0.5) is 0 Å². The molecule has 7 heteroatoms. The monoisotopic (exact) mass is 436 g/mol. The Kier molecular flexibility index (Phi) is 6.09. The highest BCUT2D eigenvalue weighted by Crippen LogP contribution is 2.34. The highest BCUT2D eigenvalue weighted by molar-refractivity contribution is 6.29. The molecule has 0 amide bonds. The number of rotatable bonds is 7. The molecule has 0 atom stereocenters. The number of aromatic nitrogens is 2. The molecule has 0 saturated carbocycles. The number of pyridine rings is 1. The fraction of sp³-hybridized carbons (Fsp3) is 0.167. The average molecular weight is 437 g/mol. The average Bonchev–Trinajstić information content (AvgIpc) is 3.18. The fourth-order valence-corrected chi connectivity index (χ4v) is 3.28. The van der Waals surface area contributed by atoms with Crippen molar-refractivity contribution in [2.45, 2.75) is 20.5 Å². The van der Waals surface area contributed by atoms with E-state index in [1.807, 2.05) is 49.4 Å². The molecular weight excluding hydrogens is 416 g/mol. The van der Waals surface area contributed by atoms with Gasteiger partial charge in [0.05, 0.1) is 17.8 Å². The Labute approximate surface area is 184 Å². The Morgan fingerprint density at radius 2 is 1.87 bits per heavy atom. The van der Waals surface area contributed by atoms with Crippen LogP contribution in [0.25, 0.3) is 10.9 Å². The third kappa shape index (κ3) is 4.98. The van der Waals surface area contributed by atoms with E-state index in [4.69, 9.17) is 25.8 Å². The zero-order valence-corrected chi connectivity index (χ0v) is 17.9. The van der Waals surface area contributed by atoms with E-state index < -0.39 is 5.97 Å². The molecule has 0 aliphatic heterocycles. The molecular formula is C24H21ClN2O4. The summed E-state index contributed by atoms with van der Waals surface area (Å²) in [6.45, 7) is 4.28. The highest BCUT2D eigenvalue weighted by Gasteiger charge is 2.16. The van der Waals surface area contributed by atoms with Gasteiger partial charge in [-0.25, -0.2) is 9.78 Å². The van der Waals surface area contributed by atoms with Gasteiger partial charge >= 0.3 is 5.97 Å². The topological polar surface area (TPSA) is 73.4 Å². The lowest BCUT2D eigenvalue weighted by Crippen LogP contribution is -2.04. The van der Waals surface area contributed by atoms with Crippen LogP contribution >= 0.6 is 11.6 Å². The van der Waals surface area contributed by atoms with Gasteiger partial charge in [-0.3, -0.25) is 0 Å². The second-order valence-electron chi connectivity index (χ2n) is 6.94. The van der Waals surface area contributed by atoms with Crippen LogP contribution in [-0.4, -0.2) is 22.5 Å². The minimum atomic E-state index is -0.429. The number of fused-ring (bicyclic) bond motifs is 1. The molecule has 0 bridgehead atoms. The Morgan fingerprint density at radius 3 is 2.61 bits per heavy atom. The molecule has 158 valence electrons. The van der Waals surface area contributed by atoms with E-state index in [-0.39, 0.29) is 6.61 Å². The van der Waals surface area contributed by atoms with Crippen LogP contribution in [0.2, 0.25) is 5.15 Å². The Morgan fingerprint density at radius 1 is 1.06 bits per heavy atom. The van der Waals surface area contributed by atoms with E-state index in [0.717, 1.165) is 10.9 Å². The van der Waals surface area contributed by atoms with Crippen molar-refractivity contribution in [3.63, 3.8) is 0 Å². The zero-order valence-electron chi connectivity index (χ0n) is 17.1. The first kappa shape index (κ1) is 20.8. The first-order chi connectivity index (χ1) is 15.0. The van der Waals surface area contributed by atoms with Crippen LogP contribution in [0.3, 0.4) is 0 Å². The van der Waals surface area contributed by atoms with Crippen LogP contribution < -0.4 is 9.47 Å². The number of ether oxygens (including phenoxy) is 3. The van der Waals surface area contributed by atoms with Gasteiger partial charge in [-0.05, 0) is 50.2 Å². The number of aryl methyl sites for hydroxylation is 1. The molecule has 0 aliphatic carbocycles. The van der Waals surface area contributed by atoms with Gasteiger partial charge in [0.25, 0.3) is 0 Å². The van der Waals surface area contributed by atoms with Crippen LogP contribution in [0.1, 0.15) is 28.7 Å². The van der Waals surface area contributed by atoms with Crippen LogP contribution in [0.5, 0.6) is 17.2 Å². The predicted molar refractivity (Wildman–Crippen MR) is 119 cm³/mol. The number of carbonyl (C=O) groups is 1. The maximum absolute atomic E-state index is 12.2. The number of aromatic amines is 1. The summed E-state index contributed by atoms with van der Waals surface area (Å²) in [5.74, 6) is 1.38. The number of nitrogens with zero attached hydrogens (tertiary/aromatic N) is 1. The van der Waals surface area contributed by atoms with Crippen LogP contribution in [-0.2, 0) is 11.3 Å². The van der Waals surface area contributed by atoms with Gasteiger partial charge in [0.15, 0.2) is 0 Å². The number of halogens is 1. The van der Waals surface area contributed by atoms with Crippen LogP contribution in [0.15, 0.2) is 60.7 Å². The van der Waals surface area contributed by atoms with Gasteiger partial charge in [-0.15, -0.1) is 0 Å². The SMILES string of the molecule is CCOC(=O)c1cc2cc(Oc3ccc(C)cc3)cc(OCc3cccc(Cl)n3)c2[nH]1. The van der Waals surface area contributed by atoms with Crippen molar-refractivity contribution in [2.75, 3.05) is 6.61 Å². The highest BCUT2D eigenvalue weighted by atomic mass is 35.5. The summed E-state index contributed by atoms with van der Waals surface area (Å²) in [7, 11) is 0. The molecule has 0 saturated heterocycles. The summed E-state index contributed by atoms with van der Waals surface area (Å²) >= 11 is 5.97. The van der Waals surface area contributed by atoms with Gasteiger partial charge < -0.3 is 19.2 Å². The van der Waals surface area contributed by atoms with Crippen molar-refractivity contribution in [2.24, 2.45) is 0 Å².